The van der Waals surface area contributed by atoms with E-state index in [1.165, 1.54) is 9.47 Å². The summed E-state index contributed by atoms with van der Waals surface area (Å²) < 4.78 is 1.51. The summed E-state index contributed by atoms with van der Waals surface area (Å²) in [5.74, 6) is -0.171. The molecule has 2 heterocycles. The topological polar surface area (TPSA) is 125 Å². The van der Waals surface area contributed by atoms with E-state index in [4.69, 9.17) is 10.8 Å². The number of rotatable bonds is 3. The standard InChI is InChI=1S/C15H19N5O4/c16-3-4-20-12-9-10(1-2-11(12)17-14(20)22)13(21)18-5-7-19(8-6-18)15(23)24/h1-2,9H,3-8,16H2,(H,17,22)(H,23,24). The van der Waals surface area contributed by atoms with Gasteiger partial charge in [-0.2, -0.15) is 0 Å². The molecule has 128 valence electrons. The van der Waals surface area contributed by atoms with Gasteiger partial charge in [0.25, 0.3) is 5.91 Å². The number of carbonyl (C=O) groups is 2. The van der Waals surface area contributed by atoms with Gasteiger partial charge in [-0.15, -0.1) is 0 Å². The van der Waals surface area contributed by atoms with Crippen LogP contribution in [-0.4, -0.2) is 69.2 Å². The van der Waals surface area contributed by atoms with E-state index in [1.807, 2.05) is 0 Å². The van der Waals surface area contributed by atoms with Gasteiger partial charge in [-0.25, -0.2) is 9.59 Å². The number of aromatic nitrogens is 2. The molecular formula is C15H19N5O4. The van der Waals surface area contributed by atoms with Gasteiger partial charge in [0.2, 0.25) is 0 Å². The molecule has 1 aliphatic rings. The molecule has 0 saturated carbocycles. The minimum atomic E-state index is -0.971. The molecule has 4 N–H and O–H groups in total. The van der Waals surface area contributed by atoms with Crippen molar-refractivity contribution in [2.24, 2.45) is 5.73 Å². The van der Waals surface area contributed by atoms with E-state index in [0.717, 1.165) is 0 Å². The third-order valence-corrected chi connectivity index (χ3v) is 4.21. The summed E-state index contributed by atoms with van der Waals surface area (Å²) >= 11 is 0. The maximum absolute atomic E-state index is 12.6. The summed E-state index contributed by atoms with van der Waals surface area (Å²) in [6, 6.07) is 5.04. The van der Waals surface area contributed by atoms with Gasteiger partial charge in [-0.3, -0.25) is 9.36 Å². The highest BCUT2D eigenvalue weighted by atomic mass is 16.4. The normalized spacial score (nSPS) is 15.0. The number of hydrogen-bond donors (Lipinski definition) is 3. The summed E-state index contributed by atoms with van der Waals surface area (Å²) in [5, 5.41) is 8.96. The lowest BCUT2D eigenvalue weighted by Gasteiger charge is -2.33. The number of fused-ring (bicyclic) bond motifs is 1. The van der Waals surface area contributed by atoms with Crippen molar-refractivity contribution >= 4 is 23.0 Å². The Labute approximate surface area is 137 Å². The first-order chi connectivity index (χ1) is 11.5. The highest BCUT2D eigenvalue weighted by Crippen LogP contribution is 2.16. The maximum atomic E-state index is 12.6. The van der Waals surface area contributed by atoms with Gasteiger partial charge in [-0.1, -0.05) is 0 Å². The molecule has 3 rings (SSSR count). The third kappa shape index (κ3) is 2.85. The molecule has 0 atom stereocenters. The molecule has 0 bridgehead atoms. The fraction of sp³-hybridized carbons (Fsp3) is 0.400. The summed E-state index contributed by atoms with van der Waals surface area (Å²) in [4.78, 5) is 41.1. The number of hydrogen-bond acceptors (Lipinski definition) is 4. The third-order valence-electron chi connectivity index (χ3n) is 4.21. The zero-order chi connectivity index (χ0) is 17.3. The van der Waals surface area contributed by atoms with Crippen LogP contribution in [0.4, 0.5) is 4.79 Å². The second-order valence-electron chi connectivity index (χ2n) is 5.66. The molecule has 0 aliphatic carbocycles. The molecule has 1 aromatic heterocycles. The van der Waals surface area contributed by atoms with Crippen LogP contribution in [0.15, 0.2) is 23.0 Å². The Bertz CT molecular complexity index is 832. The van der Waals surface area contributed by atoms with Crippen molar-refractivity contribution in [3.05, 3.63) is 34.2 Å². The first-order valence-electron chi connectivity index (χ1n) is 7.71. The summed E-state index contributed by atoms with van der Waals surface area (Å²) in [6.45, 7) is 1.99. The van der Waals surface area contributed by atoms with Crippen LogP contribution in [0.2, 0.25) is 0 Å². The molecule has 0 radical (unpaired) electrons. The first-order valence-corrected chi connectivity index (χ1v) is 7.71. The Hall–Kier alpha value is -2.81. The lowest BCUT2D eigenvalue weighted by atomic mass is 10.1. The molecular weight excluding hydrogens is 314 g/mol. The molecule has 1 aromatic carbocycles. The monoisotopic (exact) mass is 333 g/mol. The van der Waals surface area contributed by atoms with Crippen molar-refractivity contribution in [2.75, 3.05) is 32.7 Å². The molecule has 2 amide bonds. The molecule has 2 aromatic rings. The molecule has 1 aliphatic heterocycles. The van der Waals surface area contributed by atoms with Crippen molar-refractivity contribution in [3.63, 3.8) is 0 Å². The van der Waals surface area contributed by atoms with Crippen molar-refractivity contribution < 1.29 is 14.7 Å². The van der Waals surface area contributed by atoms with Crippen molar-refractivity contribution in [1.82, 2.24) is 19.4 Å². The molecule has 9 heteroatoms. The predicted octanol–water partition coefficient (Wildman–Crippen LogP) is -0.276. The van der Waals surface area contributed by atoms with Crippen LogP contribution in [0, 0.1) is 0 Å². The number of nitrogens with one attached hydrogen (secondary N) is 1. The summed E-state index contributed by atoms with van der Waals surface area (Å²) in [6.07, 6.45) is -0.971. The lowest BCUT2D eigenvalue weighted by Crippen LogP contribution is -2.50. The van der Waals surface area contributed by atoms with Gasteiger partial charge in [0.1, 0.15) is 0 Å². The molecule has 9 nitrogen and oxygen atoms in total. The Morgan fingerprint density at radius 2 is 1.83 bits per heavy atom. The summed E-state index contributed by atoms with van der Waals surface area (Å²) in [7, 11) is 0. The Kier molecular flexibility index (Phi) is 4.26. The van der Waals surface area contributed by atoms with E-state index in [2.05, 4.69) is 4.98 Å². The number of amides is 2. The average Bonchev–Trinajstić information content (AvgIpc) is 2.90. The smallest absolute Gasteiger partial charge is 0.407 e. The van der Waals surface area contributed by atoms with Gasteiger partial charge in [0.05, 0.1) is 11.0 Å². The van der Waals surface area contributed by atoms with E-state index < -0.39 is 6.09 Å². The number of piperazine rings is 1. The van der Waals surface area contributed by atoms with E-state index >= 15 is 0 Å². The Morgan fingerprint density at radius 3 is 2.46 bits per heavy atom. The van der Waals surface area contributed by atoms with Crippen LogP contribution in [0.25, 0.3) is 11.0 Å². The largest absolute Gasteiger partial charge is 0.465 e. The van der Waals surface area contributed by atoms with Gasteiger partial charge < -0.3 is 25.6 Å². The molecule has 1 saturated heterocycles. The zero-order valence-electron chi connectivity index (χ0n) is 13.1. The second kappa shape index (κ2) is 6.36. The van der Waals surface area contributed by atoms with Crippen LogP contribution >= 0.6 is 0 Å². The van der Waals surface area contributed by atoms with Crippen molar-refractivity contribution in [3.8, 4) is 0 Å². The SMILES string of the molecule is NCCn1c(=O)[nH]c2ccc(C(=O)N3CCN(C(=O)O)CC3)cc21. The van der Waals surface area contributed by atoms with Crippen molar-refractivity contribution in [2.45, 2.75) is 6.54 Å². The van der Waals surface area contributed by atoms with Gasteiger partial charge in [-0.05, 0) is 18.2 Å². The summed E-state index contributed by atoms with van der Waals surface area (Å²) in [5.41, 5.74) is 7.04. The van der Waals surface area contributed by atoms with Crippen molar-refractivity contribution in [1.29, 1.82) is 0 Å². The number of H-pyrrole nitrogens is 1. The number of carbonyl (C=O) groups excluding carboxylic acids is 1. The number of nitrogens with two attached hydrogens (primary N) is 1. The minimum absolute atomic E-state index is 0.171. The lowest BCUT2D eigenvalue weighted by molar-refractivity contribution is 0.0625. The fourth-order valence-electron chi connectivity index (χ4n) is 2.92. The van der Waals surface area contributed by atoms with E-state index in [0.29, 0.717) is 55.9 Å². The number of carboxylic acid groups (broad SMARTS) is 1. The first kappa shape index (κ1) is 16.1. The van der Waals surface area contributed by atoms with E-state index in [-0.39, 0.29) is 11.6 Å². The number of benzene rings is 1. The van der Waals surface area contributed by atoms with Gasteiger partial charge >= 0.3 is 11.8 Å². The number of nitrogens with zero attached hydrogens (tertiary/aromatic N) is 3. The van der Waals surface area contributed by atoms with Crippen LogP contribution < -0.4 is 11.4 Å². The second-order valence-corrected chi connectivity index (χ2v) is 5.66. The Balaban J connectivity index is 1.84. The van der Waals surface area contributed by atoms with Gasteiger partial charge in [0.15, 0.2) is 0 Å². The highest BCUT2D eigenvalue weighted by Gasteiger charge is 2.24. The molecule has 0 spiro atoms. The zero-order valence-corrected chi connectivity index (χ0v) is 13.1. The van der Waals surface area contributed by atoms with Crippen LogP contribution in [0.3, 0.4) is 0 Å². The average molecular weight is 333 g/mol. The van der Waals surface area contributed by atoms with E-state index in [1.54, 1.807) is 23.1 Å². The number of imidazole rings is 1. The minimum Gasteiger partial charge on any atom is -0.465 e. The molecule has 1 fully saturated rings. The fourth-order valence-corrected chi connectivity index (χ4v) is 2.92. The molecule has 0 unspecified atom stereocenters. The number of aromatic amines is 1. The highest BCUT2D eigenvalue weighted by molar-refractivity contribution is 5.97. The van der Waals surface area contributed by atoms with Crippen LogP contribution in [-0.2, 0) is 6.54 Å². The Morgan fingerprint density at radius 1 is 1.17 bits per heavy atom. The quantitative estimate of drug-likeness (QED) is 0.713. The van der Waals surface area contributed by atoms with Gasteiger partial charge in [0, 0.05) is 44.8 Å². The van der Waals surface area contributed by atoms with Crippen LogP contribution in [0.5, 0.6) is 0 Å². The maximum Gasteiger partial charge on any atom is 0.407 e. The van der Waals surface area contributed by atoms with Crippen LogP contribution in [0.1, 0.15) is 10.4 Å². The molecule has 24 heavy (non-hydrogen) atoms. The van der Waals surface area contributed by atoms with E-state index in [9.17, 15) is 14.4 Å². The predicted molar refractivity (Wildman–Crippen MR) is 87.1 cm³/mol.